The third kappa shape index (κ3) is 2.04. The maximum Gasteiger partial charge on any atom is 0.0574 e. The first-order valence-electron chi connectivity index (χ1n) is 5.11. The molecule has 1 saturated heterocycles. The Hall–Kier alpha value is -1.09. The molecule has 0 radical (unpaired) electrons. The third-order valence-electron chi connectivity index (χ3n) is 2.73. The van der Waals surface area contributed by atoms with Gasteiger partial charge in [-0.1, -0.05) is 0 Å². The molecule has 14 heavy (non-hydrogen) atoms. The molecule has 1 aliphatic heterocycles. The second kappa shape index (κ2) is 3.96. The molecule has 0 amide bonds. The standard InChI is InChI=1S/C11H16N2O/c1-9-2-3-10(8-12-9)13-6-4-11(14)5-7-13/h2-3,8,11,14H,4-7H2,1H3. The zero-order chi connectivity index (χ0) is 9.97. The van der Waals surface area contributed by atoms with Crippen LogP contribution in [0.3, 0.4) is 0 Å². The van der Waals surface area contributed by atoms with Crippen LogP contribution in [0.2, 0.25) is 0 Å². The molecule has 1 aromatic rings. The highest BCUT2D eigenvalue weighted by molar-refractivity contribution is 5.44. The minimum Gasteiger partial charge on any atom is -0.393 e. The second-order valence-corrected chi connectivity index (χ2v) is 3.88. The van der Waals surface area contributed by atoms with Gasteiger partial charge in [0.05, 0.1) is 18.0 Å². The molecule has 0 spiro atoms. The van der Waals surface area contributed by atoms with E-state index in [0.717, 1.165) is 31.6 Å². The van der Waals surface area contributed by atoms with Crippen molar-refractivity contribution in [2.75, 3.05) is 18.0 Å². The van der Waals surface area contributed by atoms with Crippen LogP contribution in [-0.4, -0.2) is 29.3 Å². The van der Waals surface area contributed by atoms with Gasteiger partial charge in [-0.25, -0.2) is 0 Å². The van der Waals surface area contributed by atoms with Crippen LogP contribution in [0.5, 0.6) is 0 Å². The predicted octanol–water partition coefficient (Wildman–Crippen LogP) is 1.35. The van der Waals surface area contributed by atoms with E-state index in [2.05, 4.69) is 16.0 Å². The maximum atomic E-state index is 9.38. The maximum absolute atomic E-state index is 9.38. The quantitative estimate of drug-likeness (QED) is 0.729. The number of aliphatic hydroxyl groups excluding tert-OH is 1. The summed E-state index contributed by atoms with van der Waals surface area (Å²) in [5.41, 5.74) is 2.22. The number of piperidine rings is 1. The number of rotatable bonds is 1. The van der Waals surface area contributed by atoms with Gasteiger partial charge < -0.3 is 10.0 Å². The van der Waals surface area contributed by atoms with Crippen molar-refractivity contribution < 1.29 is 5.11 Å². The fraction of sp³-hybridized carbons (Fsp3) is 0.545. The van der Waals surface area contributed by atoms with Crippen molar-refractivity contribution >= 4 is 5.69 Å². The molecule has 2 rings (SSSR count). The largest absolute Gasteiger partial charge is 0.393 e. The van der Waals surface area contributed by atoms with E-state index < -0.39 is 0 Å². The Kier molecular flexibility index (Phi) is 2.68. The molecule has 0 bridgehead atoms. The average Bonchev–Trinajstić information content (AvgIpc) is 2.21. The summed E-state index contributed by atoms with van der Waals surface area (Å²) in [6.45, 7) is 3.86. The van der Waals surface area contributed by atoms with Gasteiger partial charge in [-0.2, -0.15) is 0 Å². The molecule has 1 aromatic heterocycles. The SMILES string of the molecule is Cc1ccc(N2CCC(O)CC2)cn1. The van der Waals surface area contributed by atoms with Crippen molar-refractivity contribution in [1.82, 2.24) is 4.98 Å². The van der Waals surface area contributed by atoms with Crippen molar-refractivity contribution in [2.45, 2.75) is 25.9 Å². The lowest BCUT2D eigenvalue weighted by Gasteiger charge is -2.31. The van der Waals surface area contributed by atoms with Gasteiger partial charge >= 0.3 is 0 Å². The zero-order valence-corrected chi connectivity index (χ0v) is 8.48. The van der Waals surface area contributed by atoms with Gasteiger partial charge in [0.25, 0.3) is 0 Å². The molecule has 3 nitrogen and oxygen atoms in total. The van der Waals surface area contributed by atoms with Gasteiger partial charge in [-0.05, 0) is 31.9 Å². The minimum atomic E-state index is -0.107. The first-order chi connectivity index (χ1) is 6.75. The van der Waals surface area contributed by atoms with Crippen LogP contribution in [-0.2, 0) is 0 Å². The van der Waals surface area contributed by atoms with E-state index in [9.17, 15) is 5.11 Å². The molecule has 2 heterocycles. The Bertz CT molecular complexity index is 289. The van der Waals surface area contributed by atoms with E-state index in [0.29, 0.717) is 0 Å². The molecule has 0 aliphatic carbocycles. The van der Waals surface area contributed by atoms with Gasteiger partial charge in [-0.15, -0.1) is 0 Å². The number of aromatic nitrogens is 1. The van der Waals surface area contributed by atoms with E-state index in [1.807, 2.05) is 19.2 Å². The fourth-order valence-corrected chi connectivity index (χ4v) is 1.77. The fourth-order valence-electron chi connectivity index (χ4n) is 1.77. The number of aliphatic hydroxyl groups is 1. The lowest BCUT2D eigenvalue weighted by molar-refractivity contribution is 0.145. The number of hydrogen-bond donors (Lipinski definition) is 1. The van der Waals surface area contributed by atoms with E-state index >= 15 is 0 Å². The first-order valence-corrected chi connectivity index (χ1v) is 5.11. The second-order valence-electron chi connectivity index (χ2n) is 3.88. The zero-order valence-electron chi connectivity index (χ0n) is 8.48. The predicted molar refractivity (Wildman–Crippen MR) is 56.4 cm³/mol. The lowest BCUT2D eigenvalue weighted by Crippen LogP contribution is -2.35. The highest BCUT2D eigenvalue weighted by Gasteiger charge is 2.16. The molecule has 1 N–H and O–H groups in total. The van der Waals surface area contributed by atoms with Crippen molar-refractivity contribution in [3.63, 3.8) is 0 Å². The summed E-state index contributed by atoms with van der Waals surface area (Å²) in [4.78, 5) is 6.55. The first kappa shape index (κ1) is 9.46. The van der Waals surface area contributed by atoms with Gasteiger partial charge in [0.1, 0.15) is 0 Å². The molecule has 1 aliphatic rings. The number of hydrogen-bond acceptors (Lipinski definition) is 3. The van der Waals surface area contributed by atoms with E-state index in [-0.39, 0.29) is 6.10 Å². The highest BCUT2D eigenvalue weighted by Crippen LogP contribution is 2.18. The molecule has 3 heteroatoms. The Balaban J connectivity index is 2.05. The Morgan fingerprint density at radius 3 is 2.64 bits per heavy atom. The summed E-state index contributed by atoms with van der Waals surface area (Å²) in [6, 6.07) is 4.13. The third-order valence-corrected chi connectivity index (χ3v) is 2.73. The van der Waals surface area contributed by atoms with Crippen molar-refractivity contribution in [2.24, 2.45) is 0 Å². The van der Waals surface area contributed by atoms with Crippen LogP contribution in [0.1, 0.15) is 18.5 Å². The van der Waals surface area contributed by atoms with E-state index in [1.54, 1.807) is 0 Å². The Morgan fingerprint density at radius 1 is 1.36 bits per heavy atom. The molecule has 0 aromatic carbocycles. The minimum absolute atomic E-state index is 0.107. The molecule has 1 fully saturated rings. The van der Waals surface area contributed by atoms with Crippen LogP contribution < -0.4 is 4.90 Å². The molecule has 0 atom stereocenters. The molecule has 76 valence electrons. The summed E-state index contributed by atoms with van der Waals surface area (Å²) in [5.74, 6) is 0. The van der Waals surface area contributed by atoms with Crippen molar-refractivity contribution in [3.8, 4) is 0 Å². The van der Waals surface area contributed by atoms with E-state index in [4.69, 9.17) is 0 Å². The van der Waals surface area contributed by atoms with Crippen LogP contribution in [0.4, 0.5) is 5.69 Å². The van der Waals surface area contributed by atoms with Gasteiger partial charge in [0.15, 0.2) is 0 Å². The van der Waals surface area contributed by atoms with Crippen LogP contribution in [0.25, 0.3) is 0 Å². The van der Waals surface area contributed by atoms with Crippen LogP contribution >= 0.6 is 0 Å². The summed E-state index contributed by atoms with van der Waals surface area (Å²) in [7, 11) is 0. The van der Waals surface area contributed by atoms with E-state index in [1.165, 1.54) is 5.69 Å². The number of anilines is 1. The van der Waals surface area contributed by atoms with Crippen LogP contribution in [0, 0.1) is 6.92 Å². The topological polar surface area (TPSA) is 36.4 Å². The smallest absolute Gasteiger partial charge is 0.0574 e. The Morgan fingerprint density at radius 2 is 2.07 bits per heavy atom. The van der Waals surface area contributed by atoms with Gasteiger partial charge in [0, 0.05) is 18.8 Å². The number of pyridine rings is 1. The summed E-state index contributed by atoms with van der Waals surface area (Å²) >= 11 is 0. The van der Waals surface area contributed by atoms with Crippen molar-refractivity contribution in [1.29, 1.82) is 0 Å². The van der Waals surface area contributed by atoms with Crippen molar-refractivity contribution in [3.05, 3.63) is 24.0 Å². The molecular formula is C11H16N2O. The number of nitrogens with zero attached hydrogens (tertiary/aromatic N) is 2. The van der Waals surface area contributed by atoms with Gasteiger partial charge in [0.2, 0.25) is 0 Å². The van der Waals surface area contributed by atoms with Crippen LogP contribution in [0.15, 0.2) is 18.3 Å². The summed E-state index contributed by atoms with van der Waals surface area (Å²) in [6.07, 6.45) is 3.54. The highest BCUT2D eigenvalue weighted by atomic mass is 16.3. The summed E-state index contributed by atoms with van der Waals surface area (Å²) < 4.78 is 0. The average molecular weight is 192 g/mol. The Labute approximate surface area is 84.4 Å². The lowest BCUT2D eigenvalue weighted by atomic mass is 10.1. The van der Waals surface area contributed by atoms with Gasteiger partial charge in [-0.3, -0.25) is 4.98 Å². The molecular weight excluding hydrogens is 176 g/mol. The summed E-state index contributed by atoms with van der Waals surface area (Å²) in [5, 5.41) is 9.38. The normalized spacial score (nSPS) is 18.6. The number of aryl methyl sites for hydroxylation is 1. The molecule has 0 saturated carbocycles. The molecule has 0 unspecified atom stereocenters. The monoisotopic (exact) mass is 192 g/mol.